The third kappa shape index (κ3) is 3.65. The maximum Gasteiger partial charge on any atom is 0.260 e. The highest BCUT2D eigenvalue weighted by Gasteiger charge is 2.23. The lowest BCUT2D eigenvalue weighted by Crippen LogP contribution is -2.52. The van der Waals surface area contributed by atoms with Crippen LogP contribution in [0.1, 0.15) is 28.7 Å². The molecular weight excluding hydrogens is 328 g/mol. The number of aryl methyl sites for hydroxylation is 1. The molecule has 0 aromatic carbocycles. The highest BCUT2D eigenvalue weighted by Crippen LogP contribution is 2.19. The predicted molar refractivity (Wildman–Crippen MR) is 91.3 cm³/mol. The van der Waals surface area contributed by atoms with Crippen molar-refractivity contribution in [3.05, 3.63) is 34.7 Å². The van der Waals surface area contributed by atoms with Gasteiger partial charge in [0.1, 0.15) is 5.76 Å². The number of carbonyl (C=O) groups excluding carboxylic acids is 2. The van der Waals surface area contributed by atoms with Gasteiger partial charge in [-0.15, -0.1) is 11.3 Å². The molecule has 2 aromatic heterocycles. The monoisotopic (exact) mass is 348 g/mol. The van der Waals surface area contributed by atoms with Gasteiger partial charge < -0.3 is 14.6 Å². The summed E-state index contributed by atoms with van der Waals surface area (Å²) in [6.07, 6.45) is 1.73. The van der Waals surface area contributed by atoms with Crippen molar-refractivity contribution in [1.82, 2.24) is 15.2 Å². The summed E-state index contributed by atoms with van der Waals surface area (Å²) >= 11 is 1.31. The van der Waals surface area contributed by atoms with Crippen molar-refractivity contribution in [2.45, 2.75) is 26.3 Å². The van der Waals surface area contributed by atoms with E-state index in [2.05, 4.69) is 15.6 Å². The lowest BCUT2D eigenvalue weighted by molar-refractivity contribution is -0.133. The Hall–Kier alpha value is -2.19. The molecule has 0 aliphatic carbocycles. The van der Waals surface area contributed by atoms with Gasteiger partial charge in [-0.3, -0.25) is 14.9 Å². The Balaban J connectivity index is 1.60. The van der Waals surface area contributed by atoms with E-state index in [1.54, 1.807) is 13.0 Å². The van der Waals surface area contributed by atoms with Gasteiger partial charge in [-0.05, 0) is 19.9 Å². The van der Waals surface area contributed by atoms with Crippen LogP contribution in [0.4, 0.5) is 5.13 Å². The molecule has 0 radical (unpaired) electrons. The van der Waals surface area contributed by atoms with Gasteiger partial charge in [-0.1, -0.05) is 0 Å². The molecule has 3 heterocycles. The Morgan fingerprint density at radius 2 is 2.38 bits per heavy atom. The van der Waals surface area contributed by atoms with Gasteiger partial charge in [0.05, 0.1) is 23.9 Å². The maximum absolute atomic E-state index is 12.4. The van der Waals surface area contributed by atoms with Crippen LogP contribution in [0.15, 0.2) is 22.1 Å². The molecule has 0 bridgehead atoms. The molecular formula is C16H20N4O3S. The molecule has 1 aliphatic heterocycles. The number of hydrogen-bond donors (Lipinski definition) is 2. The van der Waals surface area contributed by atoms with E-state index in [9.17, 15) is 9.59 Å². The summed E-state index contributed by atoms with van der Waals surface area (Å²) in [7, 11) is 0. The fourth-order valence-electron chi connectivity index (χ4n) is 2.70. The van der Waals surface area contributed by atoms with E-state index >= 15 is 0 Å². The maximum atomic E-state index is 12.4. The molecule has 1 saturated heterocycles. The normalized spacial score (nSPS) is 17.8. The SMILES string of the molecule is Cc1occc1C(=O)Nc1nc(CC(=O)N2CCNCC2C)cs1. The third-order valence-electron chi connectivity index (χ3n) is 4.03. The van der Waals surface area contributed by atoms with Crippen LogP contribution in [-0.4, -0.2) is 47.4 Å². The highest BCUT2D eigenvalue weighted by atomic mass is 32.1. The summed E-state index contributed by atoms with van der Waals surface area (Å²) in [5.41, 5.74) is 1.16. The Morgan fingerprint density at radius 1 is 1.54 bits per heavy atom. The summed E-state index contributed by atoms with van der Waals surface area (Å²) in [6.45, 7) is 6.11. The number of amides is 2. The van der Waals surface area contributed by atoms with E-state index in [0.29, 0.717) is 28.7 Å². The molecule has 1 atom stereocenters. The summed E-state index contributed by atoms with van der Waals surface area (Å²) in [5, 5.41) is 8.30. The largest absolute Gasteiger partial charge is 0.469 e. The van der Waals surface area contributed by atoms with Crippen molar-refractivity contribution in [3.8, 4) is 0 Å². The van der Waals surface area contributed by atoms with Crippen molar-refractivity contribution < 1.29 is 14.0 Å². The topological polar surface area (TPSA) is 87.5 Å². The van der Waals surface area contributed by atoms with Crippen LogP contribution in [0, 0.1) is 6.92 Å². The molecule has 2 aromatic rings. The second kappa shape index (κ2) is 7.14. The van der Waals surface area contributed by atoms with Gasteiger partial charge in [0.2, 0.25) is 5.91 Å². The first-order valence-electron chi connectivity index (χ1n) is 7.84. The number of rotatable bonds is 4. The van der Waals surface area contributed by atoms with E-state index in [1.165, 1.54) is 17.6 Å². The van der Waals surface area contributed by atoms with Crippen LogP contribution in [-0.2, 0) is 11.2 Å². The number of furan rings is 1. The minimum absolute atomic E-state index is 0.0675. The van der Waals surface area contributed by atoms with E-state index in [0.717, 1.165) is 13.1 Å². The van der Waals surface area contributed by atoms with Crippen LogP contribution >= 0.6 is 11.3 Å². The predicted octanol–water partition coefficient (Wildman–Crippen LogP) is 1.66. The molecule has 7 nitrogen and oxygen atoms in total. The second-order valence-corrected chi connectivity index (χ2v) is 6.66. The average Bonchev–Trinajstić information content (AvgIpc) is 3.16. The first kappa shape index (κ1) is 16.7. The van der Waals surface area contributed by atoms with Gasteiger partial charge in [0.15, 0.2) is 5.13 Å². The number of nitrogens with zero attached hydrogens (tertiary/aromatic N) is 2. The second-order valence-electron chi connectivity index (χ2n) is 5.81. The average molecular weight is 348 g/mol. The smallest absolute Gasteiger partial charge is 0.260 e. The molecule has 2 N–H and O–H groups in total. The lowest BCUT2D eigenvalue weighted by atomic mass is 10.2. The number of aromatic nitrogens is 1. The zero-order valence-electron chi connectivity index (χ0n) is 13.7. The first-order chi connectivity index (χ1) is 11.5. The number of carbonyl (C=O) groups is 2. The lowest BCUT2D eigenvalue weighted by Gasteiger charge is -2.33. The fraction of sp³-hybridized carbons (Fsp3) is 0.438. The quantitative estimate of drug-likeness (QED) is 0.877. The van der Waals surface area contributed by atoms with Gasteiger partial charge in [-0.25, -0.2) is 4.98 Å². The highest BCUT2D eigenvalue weighted by molar-refractivity contribution is 7.14. The van der Waals surface area contributed by atoms with Crippen LogP contribution in [0.2, 0.25) is 0 Å². The first-order valence-corrected chi connectivity index (χ1v) is 8.72. The molecule has 1 fully saturated rings. The van der Waals surface area contributed by atoms with Gasteiger partial charge in [-0.2, -0.15) is 0 Å². The fourth-order valence-corrected chi connectivity index (χ4v) is 3.40. The van der Waals surface area contributed by atoms with Crippen molar-refractivity contribution in [2.24, 2.45) is 0 Å². The molecule has 0 saturated carbocycles. The minimum Gasteiger partial charge on any atom is -0.469 e. The van der Waals surface area contributed by atoms with Gasteiger partial charge >= 0.3 is 0 Å². The number of anilines is 1. The van der Waals surface area contributed by atoms with Crippen molar-refractivity contribution in [2.75, 3.05) is 25.0 Å². The van der Waals surface area contributed by atoms with E-state index in [-0.39, 0.29) is 24.3 Å². The molecule has 3 rings (SSSR count). The summed E-state index contributed by atoms with van der Waals surface area (Å²) in [5.74, 6) is 0.370. The summed E-state index contributed by atoms with van der Waals surface area (Å²) in [4.78, 5) is 30.8. The molecule has 128 valence electrons. The van der Waals surface area contributed by atoms with Crippen LogP contribution < -0.4 is 10.6 Å². The van der Waals surface area contributed by atoms with Crippen LogP contribution in [0.3, 0.4) is 0 Å². The standard InChI is InChI=1S/C16H20N4O3S/c1-10-8-17-4-5-20(10)14(21)7-12-9-24-16(18-12)19-15(22)13-3-6-23-11(13)2/h3,6,9-10,17H,4-5,7-8H2,1-2H3,(H,18,19,22). The molecule has 2 amide bonds. The van der Waals surface area contributed by atoms with Crippen molar-refractivity contribution in [1.29, 1.82) is 0 Å². The van der Waals surface area contributed by atoms with E-state index < -0.39 is 0 Å². The Kier molecular flexibility index (Phi) is 4.96. The number of piperazine rings is 1. The Bertz CT molecular complexity index is 739. The van der Waals surface area contributed by atoms with Gasteiger partial charge in [0.25, 0.3) is 5.91 Å². The van der Waals surface area contributed by atoms with Gasteiger partial charge in [0, 0.05) is 31.1 Å². The third-order valence-corrected chi connectivity index (χ3v) is 4.84. The number of hydrogen-bond acceptors (Lipinski definition) is 6. The van der Waals surface area contributed by atoms with Crippen molar-refractivity contribution >= 4 is 28.3 Å². The minimum atomic E-state index is -0.260. The molecule has 1 unspecified atom stereocenters. The Morgan fingerprint density at radius 3 is 3.08 bits per heavy atom. The summed E-state index contributed by atoms with van der Waals surface area (Å²) < 4.78 is 5.13. The van der Waals surface area contributed by atoms with E-state index in [1.807, 2.05) is 17.2 Å². The number of thiazole rings is 1. The number of nitrogens with one attached hydrogen (secondary N) is 2. The van der Waals surface area contributed by atoms with Crippen molar-refractivity contribution in [3.63, 3.8) is 0 Å². The molecule has 1 aliphatic rings. The molecule has 24 heavy (non-hydrogen) atoms. The van der Waals surface area contributed by atoms with Crippen LogP contribution in [0.5, 0.6) is 0 Å². The zero-order valence-corrected chi connectivity index (χ0v) is 14.5. The van der Waals surface area contributed by atoms with Crippen LogP contribution in [0.25, 0.3) is 0 Å². The zero-order chi connectivity index (χ0) is 17.1. The summed E-state index contributed by atoms with van der Waals surface area (Å²) in [6, 6.07) is 1.81. The molecule has 8 heteroatoms. The van der Waals surface area contributed by atoms with E-state index in [4.69, 9.17) is 4.42 Å². The molecule has 0 spiro atoms. The Labute approximate surface area is 144 Å².